The van der Waals surface area contributed by atoms with E-state index in [0.717, 1.165) is 41.8 Å². The van der Waals surface area contributed by atoms with Gasteiger partial charge in [-0.15, -0.1) is 11.8 Å². The molecule has 7 nitrogen and oxygen atoms in total. The van der Waals surface area contributed by atoms with Crippen molar-refractivity contribution in [3.8, 4) is 22.5 Å². The number of nitrogens with zero attached hydrogens (tertiary/aromatic N) is 2. The Labute approximate surface area is 435 Å². The number of nitrogens with one attached hydrogen (secondary N) is 4. The summed E-state index contributed by atoms with van der Waals surface area (Å²) in [6.45, 7) is 6.48. The van der Waals surface area contributed by atoms with E-state index in [-0.39, 0.29) is 82.6 Å². The molecule has 7 rings (SSSR count). The lowest BCUT2D eigenvalue weighted by atomic mass is 9.77. The zero-order valence-electron chi connectivity index (χ0n) is 40.0. The molecule has 6 aromatic rings. The molecule has 1 aliphatic carbocycles. The van der Waals surface area contributed by atoms with Gasteiger partial charge in [0.15, 0.2) is 0 Å². The van der Waals surface area contributed by atoms with Gasteiger partial charge in [-0.1, -0.05) is 117 Å². The Kier molecular flexibility index (Phi) is 19.0. The van der Waals surface area contributed by atoms with E-state index in [1.54, 1.807) is 24.3 Å². The number of halogens is 9. The van der Waals surface area contributed by atoms with Crippen LogP contribution in [0.4, 0.5) is 39.5 Å². The van der Waals surface area contributed by atoms with Crippen LogP contribution in [0.1, 0.15) is 95.6 Å². The standard InChI is InChI=1S/C49H38F9N7S3.C6H12/c1-28(39-19-10-20-40(64-39)33-13-3-6-16-36(33)48(53,54)55)66-27-29-24-30(44(61)67-43(60)23-9-8-18-38(59)32-12-2-5-15-35(32)47(50,51)52)26-31(25-29)45(62)68-46(63)42-22-11-21-41(65-42)34-14-4-7-17-37(34)49(56,57)58;1-5-3-4-6(5)2/h2-22,24-26,28,60-63H,23,27,59H2,1H3;5-6H,3-4H2,1-2H3/b9-8-,38-18-,60-43?,61-44?,62-45?,63-46?;. The van der Waals surface area contributed by atoms with Crippen molar-refractivity contribution in [1.29, 1.82) is 21.6 Å². The van der Waals surface area contributed by atoms with Crippen LogP contribution in [0.5, 0.6) is 0 Å². The maximum absolute atomic E-state index is 13.9. The highest BCUT2D eigenvalue weighted by atomic mass is 32.2. The van der Waals surface area contributed by atoms with Gasteiger partial charge in [0.2, 0.25) is 0 Å². The van der Waals surface area contributed by atoms with Gasteiger partial charge in [-0.2, -0.15) is 39.5 Å². The molecule has 2 heterocycles. The molecule has 386 valence electrons. The van der Waals surface area contributed by atoms with Crippen molar-refractivity contribution in [2.75, 3.05) is 0 Å². The maximum atomic E-state index is 13.9. The van der Waals surface area contributed by atoms with Crippen molar-refractivity contribution >= 4 is 61.2 Å². The molecule has 3 unspecified atom stereocenters. The molecule has 0 aliphatic heterocycles. The van der Waals surface area contributed by atoms with Crippen LogP contribution in [0.2, 0.25) is 0 Å². The van der Waals surface area contributed by atoms with Gasteiger partial charge in [0.05, 0.1) is 44.5 Å². The van der Waals surface area contributed by atoms with Crippen molar-refractivity contribution in [2.45, 2.75) is 69.6 Å². The minimum atomic E-state index is -4.66. The summed E-state index contributed by atoms with van der Waals surface area (Å²) in [6, 6.07) is 28.9. The second-order valence-corrected chi connectivity index (χ2v) is 20.7. The molecule has 1 fully saturated rings. The van der Waals surface area contributed by atoms with Crippen molar-refractivity contribution in [1.82, 2.24) is 9.97 Å². The molecule has 0 spiro atoms. The Balaban J connectivity index is 0.00000138. The molecule has 0 amide bonds. The van der Waals surface area contributed by atoms with Gasteiger partial charge < -0.3 is 5.73 Å². The fourth-order valence-electron chi connectivity index (χ4n) is 7.48. The van der Waals surface area contributed by atoms with Crippen LogP contribution < -0.4 is 5.73 Å². The van der Waals surface area contributed by atoms with Gasteiger partial charge in [0, 0.05) is 50.9 Å². The smallest absolute Gasteiger partial charge is 0.398 e. The number of nitrogens with two attached hydrogens (primary N) is 1. The van der Waals surface area contributed by atoms with Gasteiger partial charge in [-0.05, 0) is 103 Å². The van der Waals surface area contributed by atoms with E-state index in [1.165, 1.54) is 128 Å². The third-order valence-electron chi connectivity index (χ3n) is 11.9. The van der Waals surface area contributed by atoms with Crippen LogP contribution in [0.25, 0.3) is 28.2 Å². The number of hydrogen-bond donors (Lipinski definition) is 5. The average Bonchev–Trinajstić information content (AvgIpc) is 3.37. The zero-order valence-corrected chi connectivity index (χ0v) is 42.5. The van der Waals surface area contributed by atoms with Crippen LogP contribution >= 0.6 is 35.3 Å². The number of aromatic nitrogens is 2. The Morgan fingerprint density at radius 3 is 1.66 bits per heavy atom. The second-order valence-electron chi connectivity index (χ2n) is 17.3. The third-order valence-corrected chi connectivity index (χ3v) is 14.9. The van der Waals surface area contributed by atoms with Gasteiger partial charge in [-0.25, -0.2) is 4.98 Å². The van der Waals surface area contributed by atoms with E-state index >= 15 is 0 Å². The maximum Gasteiger partial charge on any atom is 0.417 e. The Morgan fingerprint density at radius 1 is 0.622 bits per heavy atom. The van der Waals surface area contributed by atoms with Crippen LogP contribution in [0, 0.1) is 33.5 Å². The van der Waals surface area contributed by atoms with Crippen molar-refractivity contribution in [3.05, 3.63) is 196 Å². The summed E-state index contributed by atoms with van der Waals surface area (Å²) in [5.41, 5.74) is 4.51. The van der Waals surface area contributed by atoms with Gasteiger partial charge in [-0.3, -0.25) is 26.6 Å². The summed E-state index contributed by atoms with van der Waals surface area (Å²) in [5.74, 6) is 2.32. The van der Waals surface area contributed by atoms with E-state index < -0.39 is 35.2 Å². The van der Waals surface area contributed by atoms with Crippen LogP contribution in [-0.4, -0.2) is 30.1 Å². The monoisotopic (exact) mass is 1080 g/mol. The molecule has 74 heavy (non-hydrogen) atoms. The highest BCUT2D eigenvalue weighted by molar-refractivity contribution is 8.27. The Morgan fingerprint density at radius 2 is 1.12 bits per heavy atom. The van der Waals surface area contributed by atoms with Gasteiger partial charge in [0.25, 0.3) is 0 Å². The number of hydrogen-bond acceptors (Lipinski definition) is 10. The first kappa shape index (κ1) is 56.8. The minimum Gasteiger partial charge on any atom is -0.398 e. The predicted octanol–water partition coefficient (Wildman–Crippen LogP) is 17.0. The SMILES string of the molecule is CC(SCc1cc(C(=N)SC(=N)C/C=C\C=C(/N)c2ccccc2C(F)(F)F)cc(C(=N)SC(=N)c2cccc(-c3ccccc3C(F)(F)F)n2)c1)c1cccc(-c2ccccc2C(F)(F)F)n1.CC1CCC1C. The summed E-state index contributed by atoms with van der Waals surface area (Å²) in [4.78, 5) is 8.88. The largest absolute Gasteiger partial charge is 0.417 e. The van der Waals surface area contributed by atoms with Gasteiger partial charge in [0.1, 0.15) is 15.1 Å². The van der Waals surface area contributed by atoms with E-state index in [1.807, 2.05) is 6.92 Å². The first-order valence-corrected chi connectivity index (χ1v) is 25.6. The Hall–Kier alpha value is -6.44. The number of pyridine rings is 2. The predicted molar refractivity (Wildman–Crippen MR) is 284 cm³/mol. The van der Waals surface area contributed by atoms with Gasteiger partial charge >= 0.3 is 18.5 Å². The highest BCUT2D eigenvalue weighted by Gasteiger charge is 2.36. The Bertz CT molecular complexity index is 3070. The zero-order chi connectivity index (χ0) is 54.0. The summed E-state index contributed by atoms with van der Waals surface area (Å²) in [5, 5.41) is 34.5. The molecule has 1 aliphatic rings. The third kappa shape index (κ3) is 15.3. The molecule has 19 heteroatoms. The van der Waals surface area contributed by atoms with Crippen LogP contribution in [-0.2, 0) is 24.3 Å². The number of benzene rings is 4. The number of alkyl halides is 9. The molecule has 2 aromatic heterocycles. The number of thioether (sulfide) groups is 3. The minimum absolute atomic E-state index is 0.00790. The van der Waals surface area contributed by atoms with Crippen molar-refractivity contribution in [2.24, 2.45) is 17.6 Å². The molecular weight excluding hydrogens is 1030 g/mol. The van der Waals surface area contributed by atoms with E-state index in [4.69, 9.17) is 27.4 Å². The summed E-state index contributed by atoms with van der Waals surface area (Å²) in [6.07, 6.45) is -6.77. The first-order chi connectivity index (χ1) is 34.9. The summed E-state index contributed by atoms with van der Waals surface area (Å²) in [7, 11) is 0. The molecule has 4 aromatic carbocycles. The number of rotatable bonds is 13. The van der Waals surface area contributed by atoms with E-state index in [9.17, 15) is 39.5 Å². The lowest BCUT2D eigenvalue weighted by Crippen LogP contribution is -2.18. The first-order valence-electron chi connectivity index (χ1n) is 22.9. The number of allylic oxidation sites excluding steroid dienone is 3. The molecule has 0 saturated heterocycles. The molecule has 6 N–H and O–H groups in total. The lowest BCUT2D eigenvalue weighted by molar-refractivity contribution is -0.138. The van der Waals surface area contributed by atoms with Crippen LogP contribution in [0.3, 0.4) is 0 Å². The summed E-state index contributed by atoms with van der Waals surface area (Å²) >= 11 is 2.85. The fraction of sp³-hybridized carbons (Fsp3) is 0.236. The second kappa shape index (κ2) is 24.7. The highest BCUT2D eigenvalue weighted by Crippen LogP contribution is 2.40. The quantitative estimate of drug-likeness (QED) is 0.0337. The topological polar surface area (TPSA) is 147 Å². The van der Waals surface area contributed by atoms with Crippen molar-refractivity contribution < 1.29 is 39.5 Å². The normalized spacial score (nSPS) is 15.4. The fourth-order valence-corrected chi connectivity index (χ4v) is 9.71. The molecule has 0 bridgehead atoms. The molecular formula is C55H50F9N7S3. The lowest BCUT2D eigenvalue weighted by Gasteiger charge is -2.29. The molecule has 0 radical (unpaired) electrons. The van der Waals surface area contributed by atoms with E-state index in [2.05, 4.69) is 23.8 Å². The van der Waals surface area contributed by atoms with Crippen LogP contribution in [0.15, 0.2) is 146 Å². The molecule has 3 atom stereocenters. The van der Waals surface area contributed by atoms with E-state index in [0.29, 0.717) is 28.6 Å². The summed E-state index contributed by atoms with van der Waals surface area (Å²) < 4.78 is 124. The average molecular weight is 1080 g/mol. The van der Waals surface area contributed by atoms with Crippen molar-refractivity contribution in [3.63, 3.8) is 0 Å². The molecule has 1 saturated carbocycles.